The predicted octanol–water partition coefficient (Wildman–Crippen LogP) is 4.06. The minimum absolute atomic E-state index is 0.445. The van der Waals surface area contributed by atoms with Crippen molar-refractivity contribution in [1.82, 2.24) is 10.3 Å². The highest BCUT2D eigenvalue weighted by Gasteiger charge is 2.15. The van der Waals surface area contributed by atoms with E-state index < -0.39 is 0 Å². The van der Waals surface area contributed by atoms with E-state index in [0.717, 1.165) is 23.4 Å². The Kier molecular flexibility index (Phi) is 5.11. The topological polar surface area (TPSA) is 50.1 Å². The SMILES string of the molecule is CC(CC1CCCCCN1)Nc1cccc(-c2cnco2)c1. The van der Waals surface area contributed by atoms with Crippen molar-refractivity contribution in [3.8, 4) is 11.3 Å². The monoisotopic (exact) mass is 299 g/mol. The van der Waals surface area contributed by atoms with Crippen molar-refractivity contribution >= 4 is 5.69 Å². The van der Waals surface area contributed by atoms with E-state index in [1.54, 1.807) is 6.20 Å². The largest absolute Gasteiger partial charge is 0.444 e. The maximum atomic E-state index is 5.37. The van der Waals surface area contributed by atoms with E-state index in [1.807, 2.05) is 6.07 Å². The van der Waals surface area contributed by atoms with Gasteiger partial charge >= 0.3 is 0 Å². The van der Waals surface area contributed by atoms with Gasteiger partial charge in [-0.15, -0.1) is 0 Å². The lowest BCUT2D eigenvalue weighted by molar-refractivity contribution is 0.456. The lowest BCUT2D eigenvalue weighted by Gasteiger charge is -2.22. The average Bonchev–Trinajstić information content (AvgIpc) is 2.94. The number of hydrogen-bond donors (Lipinski definition) is 2. The molecule has 0 spiro atoms. The second-order valence-corrected chi connectivity index (χ2v) is 6.23. The van der Waals surface area contributed by atoms with Crippen molar-refractivity contribution in [3.63, 3.8) is 0 Å². The van der Waals surface area contributed by atoms with Crippen molar-refractivity contribution in [2.75, 3.05) is 11.9 Å². The highest BCUT2D eigenvalue weighted by atomic mass is 16.3. The van der Waals surface area contributed by atoms with E-state index in [-0.39, 0.29) is 0 Å². The highest BCUT2D eigenvalue weighted by molar-refractivity contribution is 5.63. The van der Waals surface area contributed by atoms with Gasteiger partial charge in [-0.05, 0) is 44.9 Å². The summed E-state index contributed by atoms with van der Waals surface area (Å²) in [5, 5.41) is 7.28. The lowest BCUT2D eigenvalue weighted by atomic mass is 10.0. The Hall–Kier alpha value is -1.81. The third-order valence-corrected chi connectivity index (χ3v) is 4.29. The zero-order valence-electron chi connectivity index (χ0n) is 13.2. The minimum Gasteiger partial charge on any atom is -0.444 e. The van der Waals surface area contributed by atoms with Gasteiger partial charge in [0.25, 0.3) is 0 Å². The van der Waals surface area contributed by atoms with E-state index in [2.05, 4.69) is 40.7 Å². The Morgan fingerprint density at radius 2 is 2.32 bits per heavy atom. The zero-order chi connectivity index (χ0) is 15.2. The van der Waals surface area contributed by atoms with Crippen LogP contribution in [0.15, 0.2) is 41.3 Å². The van der Waals surface area contributed by atoms with Gasteiger partial charge in [0.15, 0.2) is 12.2 Å². The number of nitrogens with one attached hydrogen (secondary N) is 2. The molecule has 3 rings (SSSR count). The molecule has 2 unspecified atom stereocenters. The molecule has 4 heteroatoms. The molecule has 4 nitrogen and oxygen atoms in total. The van der Waals surface area contributed by atoms with Crippen molar-refractivity contribution < 1.29 is 4.42 Å². The molecule has 1 aliphatic rings. The van der Waals surface area contributed by atoms with Gasteiger partial charge in [0.05, 0.1) is 6.20 Å². The van der Waals surface area contributed by atoms with Gasteiger partial charge in [0.1, 0.15) is 0 Å². The first kappa shape index (κ1) is 15.1. The summed E-state index contributed by atoms with van der Waals surface area (Å²) in [5.74, 6) is 0.807. The summed E-state index contributed by atoms with van der Waals surface area (Å²) in [4.78, 5) is 3.98. The summed E-state index contributed by atoms with van der Waals surface area (Å²) in [6.07, 6.45) is 9.71. The van der Waals surface area contributed by atoms with E-state index in [9.17, 15) is 0 Å². The normalized spacial score (nSPS) is 20.3. The van der Waals surface area contributed by atoms with Crippen LogP contribution in [-0.4, -0.2) is 23.6 Å². The fourth-order valence-electron chi connectivity index (χ4n) is 3.19. The third kappa shape index (κ3) is 4.10. The zero-order valence-corrected chi connectivity index (χ0v) is 13.2. The molecule has 2 aromatic rings. The molecule has 0 aliphatic carbocycles. The van der Waals surface area contributed by atoms with Crippen molar-refractivity contribution in [3.05, 3.63) is 36.9 Å². The van der Waals surface area contributed by atoms with Crippen LogP contribution in [0.5, 0.6) is 0 Å². The average molecular weight is 299 g/mol. The van der Waals surface area contributed by atoms with Gasteiger partial charge in [0.2, 0.25) is 0 Å². The molecular formula is C18H25N3O. The van der Waals surface area contributed by atoms with Crippen molar-refractivity contribution in [1.29, 1.82) is 0 Å². The Bertz CT molecular complexity index is 559. The first-order valence-corrected chi connectivity index (χ1v) is 8.30. The number of rotatable bonds is 5. The van der Waals surface area contributed by atoms with Crippen LogP contribution in [0.25, 0.3) is 11.3 Å². The number of benzene rings is 1. The smallest absolute Gasteiger partial charge is 0.181 e. The van der Waals surface area contributed by atoms with Gasteiger partial charge in [-0.2, -0.15) is 0 Å². The Balaban J connectivity index is 1.59. The Morgan fingerprint density at radius 1 is 1.36 bits per heavy atom. The molecule has 0 radical (unpaired) electrons. The Morgan fingerprint density at radius 3 is 3.18 bits per heavy atom. The molecule has 1 aromatic heterocycles. The summed E-state index contributed by atoms with van der Waals surface area (Å²) in [6.45, 7) is 3.42. The summed E-state index contributed by atoms with van der Waals surface area (Å²) in [7, 11) is 0. The first-order valence-electron chi connectivity index (χ1n) is 8.30. The molecule has 2 N–H and O–H groups in total. The summed E-state index contributed by atoms with van der Waals surface area (Å²) < 4.78 is 5.37. The summed E-state index contributed by atoms with van der Waals surface area (Å²) >= 11 is 0. The van der Waals surface area contributed by atoms with Gasteiger partial charge < -0.3 is 15.1 Å². The number of nitrogens with zero attached hydrogens (tertiary/aromatic N) is 1. The molecular weight excluding hydrogens is 274 g/mol. The highest BCUT2D eigenvalue weighted by Crippen LogP contribution is 2.23. The standard InChI is InChI=1S/C18H25N3O/c1-14(10-16-7-3-2-4-9-20-16)21-17-8-5-6-15(11-17)18-12-19-13-22-18/h5-6,8,11-14,16,20-21H,2-4,7,9-10H2,1H3. The van der Waals surface area contributed by atoms with Crippen LogP contribution >= 0.6 is 0 Å². The Labute approximate surface area is 132 Å². The molecule has 0 bridgehead atoms. The van der Waals surface area contributed by atoms with Gasteiger partial charge in [-0.3, -0.25) is 0 Å². The van der Waals surface area contributed by atoms with E-state index in [0.29, 0.717) is 12.1 Å². The molecule has 1 saturated heterocycles. The lowest BCUT2D eigenvalue weighted by Crippen LogP contribution is -2.33. The maximum absolute atomic E-state index is 5.37. The molecule has 2 atom stereocenters. The van der Waals surface area contributed by atoms with Crippen LogP contribution in [0, 0.1) is 0 Å². The van der Waals surface area contributed by atoms with Crippen LogP contribution in [0.3, 0.4) is 0 Å². The number of aromatic nitrogens is 1. The summed E-state index contributed by atoms with van der Waals surface area (Å²) in [5.41, 5.74) is 2.19. The fourth-order valence-corrected chi connectivity index (χ4v) is 3.19. The maximum Gasteiger partial charge on any atom is 0.181 e. The van der Waals surface area contributed by atoms with Crippen molar-refractivity contribution in [2.45, 2.75) is 51.1 Å². The van der Waals surface area contributed by atoms with Gasteiger partial charge in [0, 0.05) is 23.3 Å². The van der Waals surface area contributed by atoms with Crippen LogP contribution < -0.4 is 10.6 Å². The number of oxazole rings is 1. The van der Waals surface area contributed by atoms with Crippen LogP contribution in [0.4, 0.5) is 5.69 Å². The van der Waals surface area contributed by atoms with E-state index in [1.165, 1.54) is 38.6 Å². The number of hydrogen-bond acceptors (Lipinski definition) is 4. The van der Waals surface area contributed by atoms with Gasteiger partial charge in [-0.1, -0.05) is 25.0 Å². The molecule has 0 amide bonds. The molecule has 1 aromatic carbocycles. The first-order chi connectivity index (χ1) is 10.8. The molecule has 118 valence electrons. The third-order valence-electron chi connectivity index (χ3n) is 4.29. The molecule has 1 fully saturated rings. The van der Waals surface area contributed by atoms with E-state index in [4.69, 9.17) is 4.42 Å². The fraction of sp³-hybridized carbons (Fsp3) is 0.500. The summed E-state index contributed by atoms with van der Waals surface area (Å²) in [6, 6.07) is 9.41. The molecule has 2 heterocycles. The second-order valence-electron chi connectivity index (χ2n) is 6.23. The predicted molar refractivity (Wildman–Crippen MR) is 89.9 cm³/mol. The molecule has 0 saturated carbocycles. The van der Waals surface area contributed by atoms with E-state index >= 15 is 0 Å². The second kappa shape index (κ2) is 7.45. The molecule has 22 heavy (non-hydrogen) atoms. The van der Waals surface area contributed by atoms with Gasteiger partial charge in [-0.25, -0.2) is 4.98 Å². The van der Waals surface area contributed by atoms with Crippen LogP contribution in [0.2, 0.25) is 0 Å². The van der Waals surface area contributed by atoms with Crippen molar-refractivity contribution in [2.24, 2.45) is 0 Å². The van der Waals surface area contributed by atoms with Crippen LogP contribution in [-0.2, 0) is 0 Å². The quantitative estimate of drug-likeness (QED) is 0.874. The van der Waals surface area contributed by atoms with Crippen LogP contribution in [0.1, 0.15) is 39.0 Å². The minimum atomic E-state index is 0.445. The molecule has 1 aliphatic heterocycles. The number of anilines is 1.